The average Bonchev–Trinajstić information content (AvgIpc) is 3.36. The van der Waals surface area contributed by atoms with Crippen molar-refractivity contribution in [3.8, 4) is 11.5 Å². The van der Waals surface area contributed by atoms with Crippen molar-refractivity contribution >= 4 is 39.9 Å². The second-order valence-electron chi connectivity index (χ2n) is 7.86. The van der Waals surface area contributed by atoms with E-state index in [0.717, 1.165) is 16.2 Å². The van der Waals surface area contributed by atoms with Crippen LogP contribution in [0.15, 0.2) is 54.1 Å². The lowest BCUT2D eigenvalue weighted by atomic mass is 9.95. The molecule has 0 radical (unpaired) electrons. The van der Waals surface area contributed by atoms with Crippen LogP contribution in [0.5, 0.6) is 11.5 Å². The molecule has 0 bridgehead atoms. The fourth-order valence-corrected chi connectivity index (χ4v) is 4.95. The third-order valence-corrected chi connectivity index (χ3v) is 6.64. The molecule has 0 saturated carbocycles. The number of Topliss-reactive ketones (excluding diaryl/α,β-unsaturated/α-hetero) is 1. The lowest BCUT2D eigenvalue weighted by molar-refractivity contribution is -0.132. The first-order valence-electron chi connectivity index (χ1n) is 11.2. The molecule has 2 aromatic carbocycles. The van der Waals surface area contributed by atoms with Gasteiger partial charge in [-0.15, -0.1) is 0 Å². The van der Waals surface area contributed by atoms with Gasteiger partial charge in [0.2, 0.25) is 0 Å². The number of amides is 1. The second kappa shape index (κ2) is 10.2. The number of nitrogens with zero attached hydrogens (tertiary/aromatic N) is 2. The Bertz CT molecular complexity index is 1380. The maximum absolute atomic E-state index is 13.3. The summed E-state index contributed by atoms with van der Waals surface area (Å²) in [5.41, 5.74) is 0.827. The Balaban J connectivity index is 1.91. The highest BCUT2D eigenvalue weighted by Crippen LogP contribution is 2.44. The van der Waals surface area contributed by atoms with Crippen molar-refractivity contribution < 1.29 is 34.1 Å². The summed E-state index contributed by atoms with van der Waals surface area (Å²) in [5.74, 6) is -2.43. The maximum Gasteiger partial charge on any atom is 0.350 e. The van der Waals surface area contributed by atoms with Crippen molar-refractivity contribution in [2.75, 3.05) is 18.1 Å². The molecular weight excluding hydrogens is 484 g/mol. The number of carbonyl (C=O) groups is 3. The zero-order chi connectivity index (χ0) is 26.0. The summed E-state index contributed by atoms with van der Waals surface area (Å²) in [4.78, 5) is 44.7. The average molecular weight is 509 g/mol. The largest absolute Gasteiger partial charge is 0.508 e. The minimum Gasteiger partial charge on any atom is -0.508 e. The molecule has 1 fully saturated rings. The van der Waals surface area contributed by atoms with Gasteiger partial charge >= 0.3 is 11.9 Å². The van der Waals surface area contributed by atoms with Crippen LogP contribution >= 0.6 is 11.3 Å². The predicted octanol–water partition coefficient (Wildman–Crippen LogP) is 4.36. The number of aromatic nitrogens is 1. The minimum atomic E-state index is -1.10. The number of carbonyl (C=O) groups excluding carboxylic acids is 3. The van der Waals surface area contributed by atoms with Crippen molar-refractivity contribution in [1.82, 2.24) is 4.98 Å². The van der Waals surface area contributed by atoms with E-state index in [0.29, 0.717) is 23.6 Å². The van der Waals surface area contributed by atoms with E-state index in [1.54, 1.807) is 50.2 Å². The van der Waals surface area contributed by atoms with E-state index in [-0.39, 0.29) is 33.5 Å². The fourth-order valence-electron chi connectivity index (χ4n) is 3.97. The quantitative estimate of drug-likeness (QED) is 0.209. The molecule has 10 heteroatoms. The van der Waals surface area contributed by atoms with E-state index in [1.165, 1.54) is 12.1 Å². The number of aromatic hydroxyl groups is 1. The number of ketones is 1. The Morgan fingerprint density at radius 2 is 1.86 bits per heavy atom. The van der Waals surface area contributed by atoms with E-state index in [9.17, 15) is 24.6 Å². The van der Waals surface area contributed by atoms with Gasteiger partial charge in [-0.05, 0) is 50.6 Å². The van der Waals surface area contributed by atoms with E-state index in [4.69, 9.17) is 9.47 Å². The topological polar surface area (TPSA) is 126 Å². The van der Waals surface area contributed by atoms with Gasteiger partial charge in [-0.3, -0.25) is 14.5 Å². The molecule has 2 heterocycles. The van der Waals surface area contributed by atoms with Gasteiger partial charge in [0, 0.05) is 5.56 Å². The molecular formula is C26H24N2O7S. The molecule has 2 N–H and O–H groups in total. The van der Waals surface area contributed by atoms with Gasteiger partial charge in [0.1, 0.15) is 22.1 Å². The summed E-state index contributed by atoms with van der Waals surface area (Å²) in [6.45, 7) is 5.67. The Hall–Kier alpha value is -4.18. The lowest BCUT2D eigenvalue weighted by Crippen LogP contribution is -2.29. The normalized spacial score (nSPS) is 16.9. The van der Waals surface area contributed by atoms with Crippen molar-refractivity contribution in [2.24, 2.45) is 0 Å². The number of thiazole rings is 1. The number of phenols is 1. The van der Waals surface area contributed by atoms with E-state index < -0.39 is 29.5 Å². The lowest BCUT2D eigenvalue weighted by Gasteiger charge is -2.23. The van der Waals surface area contributed by atoms with Crippen LogP contribution in [-0.2, 0) is 14.3 Å². The number of aliphatic hydroxyl groups is 1. The molecule has 1 unspecified atom stereocenters. The molecule has 186 valence electrons. The molecule has 0 spiro atoms. The predicted molar refractivity (Wildman–Crippen MR) is 133 cm³/mol. The van der Waals surface area contributed by atoms with Crippen molar-refractivity contribution in [1.29, 1.82) is 0 Å². The van der Waals surface area contributed by atoms with Gasteiger partial charge in [-0.1, -0.05) is 35.6 Å². The van der Waals surface area contributed by atoms with E-state index in [1.807, 2.05) is 6.92 Å². The highest BCUT2D eigenvalue weighted by molar-refractivity contribution is 7.17. The summed E-state index contributed by atoms with van der Waals surface area (Å²) in [7, 11) is 0. The van der Waals surface area contributed by atoms with Gasteiger partial charge in [0.25, 0.3) is 5.78 Å². The number of esters is 1. The third kappa shape index (κ3) is 4.55. The van der Waals surface area contributed by atoms with Gasteiger partial charge in [-0.2, -0.15) is 0 Å². The number of hydrogen-bond donors (Lipinski definition) is 2. The van der Waals surface area contributed by atoms with Crippen LogP contribution in [0, 0.1) is 6.92 Å². The van der Waals surface area contributed by atoms with Gasteiger partial charge in [0.15, 0.2) is 5.13 Å². The standard InChI is InChI=1S/C26H24N2O7S/c1-4-34-18-11-7-9-16(13-18)21(30)19-20(15-8-6-10-17(29)12-15)28(24(32)22(19)31)26-27-14(3)23(36-26)25(33)35-5-2/h6-13,20,29-30H,4-5H2,1-3H3. The first-order valence-corrected chi connectivity index (χ1v) is 12.1. The molecule has 1 atom stereocenters. The molecule has 1 aliphatic rings. The number of rotatable bonds is 7. The van der Waals surface area contributed by atoms with Gasteiger partial charge in [0.05, 0.1) is 30.5 Å². The summed E-state index contributed by atoms with van der Waals surface area (Å²) in [6, 6.07) is 11.5. The molecule has 1 amide bonds. The molecule has 9 nitrogen and oxygen atoms in total. The Kier molecular flexibility index (Phi) is 7.07. The van der Waals surface area contributed by atoms with Crippen molar-refractivity contribution in [2.45, 2.75) is 26.8 Å². The molecule has 4 rings (SSSR count). The number of anilines is 1. The first-order chi connectivity index (χ1) is 17.3. The highest BCUT2D eigenvalue weighted by atomic mass is 32.1. The molecule has 1 aliphatic heterocycles. The SMILES string of the molecule is CCOC(=O)c1sc(N2C(=O)C(=O)C(=C(O)c3cccc(OCC)c3)C2c2cccc(O)c2)nc1C. The van der Waals surface area contributed by atoms with E-state index >= 15 is 0 Å². The first kappa shape index (κ1) is 24.9. The van der Waals surface area contributed by atoms with Crippen LogP contribution in [0.4, 0.5) is 5.13 Å². The number of hydrogen-bond acceptors (Lipinski definition) is 9. The molecule has 36 heavy (non-hydrogen) atoms. The molecule has 1 aromatic heterocycles. The second-order valence-corrected chi connectivity index (χ2v) is 8.83. The Morgan fingerprint density at radius 3 is 2.56 bits per heavy atom. The molecule has 0 aliphatic carbocycles. The van der Waals surface area contributed by atoms with Crippen LogP contribution < -0.4 is 9.64 Å². The van der Waals surface area contributed by atoms with Gasteiger partial charge in [-0.25, -0.2) is 9.78 Å². The molecule has 1 saturated heterocycles. The number of aliphatic hydroxyl groups excluding tert-OH is 1. The Labute approximate surface area is 211 Å². The number of benzene rings is 2. The summed E-state index contributed by atoms with van der Waals surface area (Å²) in [6.07, 6.45) is 0. The highest BCUT2D eigenvalue weighted by Gasteiger charge is 2.48. The van der Waals surface area contributed by atoms with E-state index in [2.05, 4.69) is 4.98 Å². The maximum atomic E-state index is 13.3. The van der Waals surface area contributed by atoms with Crippen LogP contribution in [-0.4, -0.2) is 46.1 Å². The zero-order valence-corrected chi connectivity index (χ0v) is 20.7. The number of phenolic OH excluding ortho intramolecular Hbond substituents is 1. The molecule has 3 aromatic rings. The fraction of sp³-hybridized carbons (Fsp3) is 0.231. The van der Waals surface area contributed by atoms with Crippen LogP contribution in [0.25, 0.3) is 5.76 Å². The van der Waals surface area contributed by atoms with Crippen molar-refractivity contribution in [3.63, 3.8) is 0 Å². The van der Waals surface area contributed by atoms with Crippen LogP contribution in [0.2, 0.25) is 0 Å². The van der Waals surface area contributed by atoms with Gasteiger partial charge < -0.3 is 19.7 Å². The van der Waals surface area contributed by atoms with Crippen LogP contribution in [0.3, 0.4) is 0 Å². The zero-order valence-electron chi connectivity index (χ0n) is 19.8. The summed E-state index contributed by atoms with van der Waals surface area (Å²) < 4.78 is 10.6. The van der Waals surface area contributed by atoms with Crippen molar-refractivity contribution in [3.05, 3.63) is 75.8 Å². The minimum absolute atomic E-state index is 0.0843. The van der Waals surface area contributed by atoms with Crippen LogP contribution in [0.1, 0.15) is 46.4 Å². The number of ether oxygens (including phenoxy) is 2. The number of aryl methyl sites for hydroxylation is 1. The smallest absolute Gasteiger partial charge is 0.350 e. The summed E-state index contributed by atoms with van der Waals surface area (Å²) >= 11 is 0.912. The third-order valence-electron chi connectivity index (χ3n) is 5.50. The Morgan fingerprint density at radius 1 is 1.11 bits per heavy atom. The monoisotopic (exact) mass is 508 g/mol. The summed E-state index contributed by atoms with van der Waals surface area (Å²) in [5, 5.41) is 21.5.